The molecule has 3 aromatic carbocycles. The fraction of sp³-hybridized carbons (Fsp3) is 0.200. The number of rotatable bonds is 8. The molecule has 0 atom stereocenters. The molecule has 7 nitrogen and oxygen atoms in total. The summed E-state index contributed by atoms with van der Waals surface area (Å²) in [6.07, 6.45) is 7.73. The van der Waals surface area contributed by atoms with Crippen molar-refractivity contribution < 1.29 is 13.2 Å². The summed E-state index contributed by atoms with van der Waals surface area (Å²) in [7, 11) is -3.94. The van der Waals surface area contributed by atoms with E-state index in [0.29, 0.717) is 39.5 Å². The maximum Gasteiger partial charge on any atom is 0.326 e. The fourth-order valence-corrected chi connectivity index (χ4v) is 6.12. The molecule has 1 aliphatic heterocycles. The SMILES string of the molecule is CC(C)CC=Cc1ccc(Cc2nc(-c3ccc(Cl)cc3Cl)cn2-c2cccc(N3CC(=O)NS3(=O)=O)c2)cc1. The van der Waals surface area contributed by atoms with E-state index in [0.717, 1.165) is 33.2 Å². The van der Waals surface area contributed by atoms with Gasteiger partial charge in [-0.15, -0.1) is 0 Å². The van der Waals surface area contributed by atoms with Crippen molar-refractivity contribution in [3.8, 4) is 16.9 Å². The molecule has 1 saturated heterocycles. The molecule has 206 valence electrons. The largest absolute Gasteiger partial charge is 0.326 e. The highest BCUT2D eigenvalue weighted by Crippen LogP contribution is 2.32. The molecule has 0 spiro atoms. The first-order chi connectivity index (χ1) is 19.1. The smallest absolute Gasteiger partial charge is 0.303 e. The van der Waals surface area contributed by atoms with E-state index < -0.39 is 16.1 Å². The summed E-state index contributed by atoms with van der Waals surface area (Å²) in [5.41, 5.74) is 4.64. The number of nitrogens with one attached hydrogen (secondary N) is 1. The van der Waals surface area contributed by atoms with Crippen LogP contribution in [0.1, 0.15) is 37.2 Å². The van der Waals surface area contributed by atoms with E-state index in [1.165, 1.54) is 0 Å². The minimum atomic E-state index is -3.94. The Morgan fingerprint density at radius 3 is 2.45 bits per heavy atom. The molecule has 2 heterocycles. The van der Waals surface area contributed by atoms with Crippen LogP contribution in [0.2, 0.25) is 10.0 Å². The van der Waals surface area contributed by atoms with Crippen molar-refractivity contribution in [2.45, 2.75) is 26.7 Å². The molecule has 1 amide bonds. The van der Waals surface area contributed by atoms with Gasteiger partial charge in [-0.1, -0.05) is 79.5 Å². The molecule has 0 bridgehead atoms. The Morgan fingerprint density at radius 1 is 1.02 bits per heavy atom. The number of halogens is 2. The summed E-state index contributed by atoms with van der Waals surface area (Å²) >= 11 is 12.6. The average Bonchev–Trinajstić information content (AvgIpc) is 3.43. The normalized spacial score (nSPS) is 14.8. The van der Waals surface area contributed by atoms with Crippen molar-refractivity contribution in [2.24, 2.45) is 5.92 Å². The lowest BCUT2D eigenvalue weighted by Gasteiger charge is -2.16. The van der Waals surface area contributed by atoms with Gasteiger partial charge >= 0.3 is 10.2 Å². The monoisotopic (exact) mass is 594 g/mol. The second-order valence-electron chi connectivity index (χ2n) is 10.0. The first-order valence-electron chi connectivity index (χ1n) is 12.8. The van der Waals surface area contributed by atoms with Crippen molar-refractivity contribution in [3.05, 3.63) is 106 Å². The lowest BCUT2D eigenvalue weighted by Crippen LogP contribution is -2.29. The molecule has 10 heteroatoms. The van der Waals surface area contributed by atoms with E-state index in [-0.39, 0.29) is 6.54 Å². The summed E-state index contributed by atoms with van der Waals surface area (Å²) in [6, 6.07) is 20.6. The highest BCUT2D eigenvalue weighted by atomic mass is 35.5. The lowest BCUT2D eigenvalue weighted by atomic mass is 10.1. The maximum absolute atomic E-state index is 12.5. The highest BCUT2D eigenvalue weighted by Gasteiger charge is 2.34. The number of hydrogen-bond acceptors (Lipinski definition) is 4. The molecule has 1 aromatic heterocycles. The molecule has 4 aromatic rings. The van der Waals surface area contributed by atoms with E-state index in [1.807, 2.05) is 27.6 Å². The van der Waals surface area contributed by atoms with Gasteiger partial charge in [0.1, 0.15) is 12.4 Å². The van der Waals surface area contributed by atoms with Crippen LogP contribution in [0, 0.1) is 5.92 Å². The highest BCUT2D eigenvalue weighted by molar-refractivity contribution is 7.92. The van der Waals surface area contributed by atoms with Gasteiger partial charge in [0.2, 0.25) is 0 Å². The number of aromatic nitrogens is 2. The van der Waals surface area contributed by atoms with Gasteiger partial charge in [-0.25, -0.2) is 14.0 Å². The van der Waals surface area contributed by atoms with Crippen molar-refractivity contribution >= 4 is 51.1 Å². The third-order valence-electron chi connectivity index (χ3n) is 6.46. The number of carbonyl (C=O) groups excluding carboxylic acids is 1. The van der Waals surface area contributed by atoms with Crippen LogP contribution in [-0.2, 0) is 21.4 Å². The van der Waals surface area contributed by atoms with Gasteiger partial charge in [0.25, 0.3) is 5.91 Å². The standard InChI is InChI=1S/C30H28Cl2N4O3S/c1-20(2)5-3-6-21-9-11-22(12-10-21)15-29-33-28(26-14-13-23(31)16-27(26)32)18-35(29)24-7-4-8-25(17-24)36-19-30(37)34-40(36,38)39/h3-4,6-14,16-18,20H,5,15,19H2,1-2H3,(H,34,37). The number of nitrogens with zero attached hydrogens (tertiary/aromatic N) is 3. The summed E-state index contributed by atoms with van der Waals surface area (Å²) in [4.78, 5) is 16.7. The quantitative estimate of drug-likeness (QED) is 0.247. The van der Waals surface area contributed by atoms with E-state index in [9.17, 15) is 13.2 Å². The second kappa shape index (κ2) is 11.5. The molecule has 0 radical (unpaired) electrons. The number of anilines is 1. The minimum Gasteiger partial charge on any atom is -0.303 e. The van der Waals surface area contributed by atoms with E-state index in [2.05, 4.69) is 50.3 Å². The molecule has 1 aliphatic rings. The molecular weight excluding hydrogens is 567 g/mol. The lowest BCUT2D eigenvalue weighted by molar-refractivity contribution is -0.117. The summed E-state index contributed by atoms with van der Waals surface area (Å²) in [6.45, 7) is 4.11. The Kier molecular flexibility index (Phi) is 8.03. The van der Waals surface area contributed by atoms with Gasteiger partial charge in [0.05, 0.1) is 16.4 Å². The van der Waals surface area contributed by atoms with Crippen molar-refractivity contribution in [3.63, 3.8) is 0 Å². The zero-order chi connectivity index (χ0) is 28.4. The topological polar surface area (TPSA) is 84.3 Å². The Hall–Kier alpha value is -3.59. The van der Waals surface area contributed by atoms with Crippen molar-refractivity contribution in [1.82, 2.24) is 14.3 Å². The van der Waals surface area contributed by atoms with Crippen LogP contribution < -0.4 is 9.03 Å². The maximum atomic E-state index is 12.5. The molecule has 0 aliphatic carbocycles. The van der Waals surface area contributed by atoms with Gasteiger partial charge in [0, 0.05) is 28.9 Å². The number of carbonyl (C=O) groups is 1. The van der Waals surface area contributed by atoms with Crippen LogP contribution in [0.15, 0.2) is 79.0 Å². The molecule has 5 rings (SSSR count). The fourth-order valence-electron chi connectivity index (χ4n) is 4.47. The van der Waals surface area contributed by atoms with Crippen molar-refractivity contribution in [1.29, 1.82) is 0 Å². The van der Waals surface area contributed by atoms with Crippen molar-refractivity contribution in [2.75, 3.05) is 10.8 Å². The van der Waals surface area contributed by atoms with Crippen LogP contribution in [0.4, 0.5) is 5.69 Å². The van der Waals surface area contributed by atoms with Gasteiger partial charge in [-0.3, -0.25) is 4.79 Å². The summed E-state index contributed by atoms with van der Waals surface area (Å²) < 4.78 is 29.9. The molecule has 0 unspecified atom stereocenters. The third-order valence-corrected chi connectivity index (χ3v) is 8.42. The van der Waals surface area contributed by atoms with Gasteiger partial charge < -0.3 is 4.57 Å². The van der Waals surface area contributed by atoms with E-state index in [1.54, 1.807) is 30.3 Å². The Labute approximate surface area is 244 Å². The van der Waals surface area contributed by atoms with Crippen LogP contribution in [0.25, 0.3) is 23.0 Å². The summed E-state index contributed by atoms with van der Waals surface area (Å²) in [5, 5.41) is 1.00. The first kappa shape index (κ1) is 28.0. The predicted octanol–water partition coefficient (Wildman–Crippen LogP) is 6.68. The van der Waals surface area contributed by atoms with E-state index >= 15 is 0 Å². The van der Waals surface area contributed by atoms with Gasteiger partial charge in [0.15, 0.2) is 0 Å². The molecule has 1 N–H and O–H groups in total. The molecule has 40 heavy (non-hydrogen) atoms. The summed E-state index contributed by atoms with van der Waals surface area (Å²) in [5.74, 6) is 0.772. The van der Waals surface area contributed by atoms with Crippen LogP contribution in [-0.4, -0.2) is 30.4 Å². The molecular formula is C30H28Cl2N4O3S. The van der Waals surface area contributed by atoms with Crippen LogP contribution >= 0.6 is 23.2 Å². The number of hydrogen-bond donors (Lipinski definition) is 1. The number of imidazole rings is 1. The van der Waals surface area contributed by atoms with Crippen LogP contribution in [0.5, 0.6) is 0 Å². The zero-order valence-corrected chi connectivity index (χ0v) is 24.3. The first-order valence-corrected chi connectivity index (χ1v) is 15.0. The average molecular weight is 596 g/mol. The Morgan fingerprint density at radius 2 is 1.77 bits per heavy atom. The Balaban J connectivity index is 1.52. The third kappa shape index (κ3) is 6.25. The van der Waals surface area contributed by atoms with E-state index in [4.69, 9.17) is 28.2 Å². The van der Waals surface area contributed by atoms with Crippen LogP contribution in [0.3, 0.4) is 0 Å². The number of allylic oxidation sites excluding steroid dienone is 1. The van der Waals surface area contributed by atoms with Gasteiger partial charge in [-0.05, 0) is 59.9 Å². The number of benzene rings is 3. The molecule has 0 saturated carbocycles. The number of amides is 1. The minimum absolute atomic E-state index is 0.272. The predicted molar refractivity (Wildman–Crippen MR) is 161 cm³/mol. The van der Waals surface area contributed by atoms with Gasteiger partial charge in [-0.2, -0.15) is 8.42 Å². The Bertz CT molecular complexity index is 1700. The zero-order valence-electron chi connectivity index (χ0n) is 22.0. The second-order valence-corrected chi connectivity index (χ2v) is 12.5. The molecule has 1 fully saturated rings.